The SMILES string of the molecule is OCC(O)Cn1ccc2cc(Cl)ccc21. The number of nitrogens with zero attached hydrogens (tertiary/aromatic N) is 1. The van der Waals surface area contributed by atoms with Gasteiger partial charge in [-0.15, -0.1) is 0 Å². The first-order chi connectivity index (χ1) is 7.20. The van der Waals surface area contributed by atoms with E-state index >= 15 is 0 Å². The van der Waals surface area contributed by atoms with Gasteiger partial charge in [0.05, 0.1) is 19.3 Å². The summed E-state index contributed by atoms with van der Waals surface area (Å²) in [5.41, 5.74) is 1.01. The molecule has 0 saturated heterocycles. The standard InChI is InChI=1S/C11H12ClNO2/c12-9-1-2-11-8(5-9)3-4-13(11)6-10(15)7-14/h1-5,10,14-15H,6-7H2. The molecule has 1 aromatic heterocycles. The Hall–Kier alpha value is -1.03. The molecule has 1 unspecified atom stereocenters. The first-order valence-electron chi connectivity index (χ1n) is 4.74. The Morgan fingerprint density at radius 2 is 2.13 bits per heavy atom. The molecule has 0 aliphatic heterocycles. The molecule has 0 bridgehead atoms. The van der Waals surface area contributed by atoms with E-state index in [2.05, 4.69) is 0 Å². The second-order valence-corrected chi connectivity index (χ2v) is 3.94. The number of fused-ring (bicyclic) bond motifs is 1. The molecule has 0 amide bonds. The van der Waals surface area contributed by atoms with E-state index < -0.39 is 6.10 Å². The molecule has 1 aromatic carbocycles. The van der Waals surface area contributed by atoms with Gasteiger partial charge in [-0.3, -0.25) is 0 Å². The predicted molar refractivity (Wildman–Crippen MR) is 60.0 cm³/mol. The average Bonchev–Trinajstić information content (AvgIpc) is 2.60. The Kier molecular flexibility index (Phi) is 2.95. The number of aliphatic hydroxyl groups is 2. The second kappa shape index (κ2) is 4.23. The van der Waals surface area contributed by atoms with Crippen LogP contribution in [0.3, 0.4) is 0 Å². The molecule has 15 heavy (non-hydrogen) atoms. The van der Waals surface area contributed by atoms with Crippen LogP contribution in [0.25, 0.3) is 10.9 Å². The molecule has 1 atom stereocenters. The van der Waals surface area contributed by atoms with E-state index in [4.69, 9.17) is 16.7 Å². The molecule has 0 radical (unpaired) electrons. The summed E-state index contributed by atoms with van der Waals surface area (Å²) in [6.07, 6.45) is 1.15. The zero-order chi connectivity index (χ0) is 10.8. The third-order valence-corrected chi connectivity index (χ3v) is 2.59. The van der Waals surface area contributed by atoms with Crippen molar-refractivity contribution in [2.24, 2.45) is 0 Å². The van der Waals surface area contributed by atoms with E-state index in [0.29, 0.717) is 11.6 Å². The maximum atomic E-state index is 9.35. The van der Waals surface area contributed by atoms with Crippen LogP contribution in [-0.2, 0) is 6.54 Å². The Labute approximate surface area is 92.5 Å². The lowest BCUT2D eigenvalue weighted by Gasteiger charge is -2.09. The van der Waals surface area contributed by atoms with E-state index in [-0.39, 0.29) is 6.61 Å². The van der Waals surface area contributed by atoms with Gasteiger partial charge in [0.1, 0.15) is 0 Å². The Morgan fingerprint density at radius 1 is 1.33 bits per heavy atom. The normalized spacial score (nSPS) is 13.3. The van der Waals surface area contributed by atoms with Gasteiger partial charge < -0.3 is 14.8 Å². The number of aliphatic hydroxyl groups excluding tert-OH is 2. The lowest BCUT2D eigenvalue weighted by Crippen LogP contribution is -2.19. The number of rotatable bonds is 3. The molecule has 0 aliphatic rings. The van der Waals surface area contributed by atoms with Crippen molar-refractivity contribution in [3.8, 4) is 0 Å². The van der Waals surface area contributed by atoms with E-state index in [1.165, 1.54) is 0 Å². The van der Waals surface area contributed by atoms with Crippen LogP contribution in [0, 0.1) is 0 Å². The van der Waals surface area contributed by atoms with Gasteiger partial charge in [0.15, 0.2) is 0 Å². The molecule has 0 spiro atoms. The van der Waals surface area contributed by atoms with Gasteiger partial charge in [0.25, 0.3) is 0 Å². The third kappa shape index (κ3) is 2.15. The number of aromatic nitrogens is 1. The molecular formula is C11H12ClNO2. The van der Waals surface area contributed by atoms with Gasteiger partial charge in [-0.25, -0.2) is 0 Å². The van der Waals surface area contributed by atoms with Crippen molar-refractivity contribution in [2.45, 2.75) is 12.6 Å². The van der Waals surface area contributed by atoms with Gasteiger partial charge in [-0.05, 0) is 24.3 Å². The van der Waals surface area contributed by atoms with E-state index in [1.807, 2.05) is 35.0 Å². The van der Waals surface area contributed by atoms with Crippen LogP contribution in [0.1, 0.15) is 0 Å². The van der Waals surface area contributed by atoms with Gasteiger partial charge in [0, 0.05) is 22.1 Å². The summed E-state index contributed by atoms with van der Waals surface area (Å²) >= 11 is 5.86. The molecule has 2 aromatic rings. The van der Waals surface area contributed by atoms with E-state index in [1.54, 1.807) is 0 Å². The highest BCUT2D eigenvalue weighted by Crippen LogP contribution is 2.20. The lowest BCUT2D eigenvalue weighted by atomic mass is 10.2. The Bertz CT molecular complexity index is 467. The first-order valence-corrected chi connectivity index (χ1v) is 5.12. The van der Waals surface area contributed by atoms with E-state index in [0.717, 1.165) is 10.9 Å². The number of hydrogen-bond donors (Lipinski definition) is 2. The molecule has 2 rings (SSSR count). The number of benzene rings is 1. The summed E-state index contributed by atoms with van der Waals surface area (Å²) in [7, 11) is 0. The quantitative estimate of drug-likeness (QED) is 0.835. The van der Waals surface area contributed by atoms with Crippen molar-refractivity contribution < 1.29 is 10.2 Å². The van der Waals surface area contributed by atoms with Crippen LogP contribution in [0.4, 0.5) is 0 Å². The second-order valence-electron chi connectivity index (χ2n) is 3.51. The van der Waals surface area contributed by atoms with Crippen molar-refractivity contribution >= 4 is 22.5 Å². The van der Waals surface area contributed by atoms with E-state index in [9.17, 15) is 5.11 Å². The molecule has 3 nitrogen and oxygen atoms in total. The zero-order valence-corrected chi connectivity index (χ0v) is 8.85. The topological polar surface area (TPSA) is 45.4 Å². The first kappa shape index (κ1) is 10.5. The zero-order valence-electron chi connectivity index (χ0n) is 8.10. The largest absolute Gasteiger partial charge is 0.394 e. The maximum absolute atomic E-state index is 9.35. The minimum Gasteiger partial charge on any atom is -0.394 e. The third-order valence-electron chi connectivity index (χ3n) is 2.35. The monoisotopic (exact) mass is 225 g/mol. The summed E-state index contributed by atoms with van der Waals surface area (Å²) in [6.45, 7) is 0.162. The van der Waals surface area contributed by atoms with Crippen LogP contribution < -0.4 is 0 Å². The minimum atomic E-state index is -0.726. The van der Waals surface area contributed by atoms with Crippen LogP contribution in [0.5, 0.6) is 0 Å². The van der Waals surface area contributed by atoms with Gasteiger partial charge in [-0.1, -0.05) is 11.6 Å². The maximum Gasteiger partial charge on any atom is 0.0949 e. The summed E-state index contributed by atoms with van der Waals surface area (Å²) in [4.78, 5) is 0. The predicted octanol–water partition coefficient (Wildman–Crippen LogP) is 1.65. The van der Waals surface area contributed by atoms with Crippen molar-refractivity contribution in [1.29, 1.82) is 0 Å². The average molecular weight is 226 g/mol. The molecule has 1 heterocycles. The van der Waals surface area contributed by atoms with Crippen LogP contribution in [0.15, 0.2) is 30.5 Å². The molecule has 0 fully saturated rings. The van der Waals surface area contributed by atoms with Crippen molar-refractivity contribution in [1.82, 2.24) is 4.57 Å². The Balaban J connectivity index is 2.36. The van der Waals surface area contributed by atoms with Crippen molar-refractivity contribution in [2.75, 3.05) is 6.61 Å². The smallest absolute Gasteiger partial charge is 0.0949 e. The fourth-order valence-corrected chi connectivity index (χ4v) is 1.80. The summed E-state index contributed by atoms with van der Waals surface area (Å²) in [6, 6.07) is 7.53. The lowest BCUT2D eigenvalue weighted by molar-refractivity contribution is 0.0822. The molecule has 4 heteroatoms. The van der Waals surface area contributed by atoms with Crippen LogP contribution >= 0.6 is 11.6 Å². The fraction of sp³-hybridized carbons (Fsp3) is 0.273. The molecule has 0 aliphatic carbocycles. The fourth-order valence-electron chi connectivity index (χ4n) is 1.61. The highest BCUT2D eigenvalue weighted by molar-refractivity contribution is 6.31. The Morgan fingerprint density at radius 3 is 2.87 bits per heavy atom. The minimum absolute atomic E-state index is 0.229. The summed E-state index contributed by atoms with van der Waals surface area (Å²) in [5.74, 6) is 0. The van der Waals surface area contributed by atoms with Crippen LogP contribution in [-0.4, -0.2) is 27.5 Å². The van der Waals surface area contributed by atoms with Gasteiger partial charge in [-0.2, -0.15) is 0 Å². The van der Waals surface area contributed by atoms with Crippen molar-refractivity contribution in [3.05, 3.63) is 35.5 Å². The van der Waals surface area contributed by atoms with Gasteiger partial charge >= 0.3 is 0 Å². The molecule has 80 valence electrons. The summed E-state index contributed by atoms with van der Waals surface area (Å²) in [5, 5.41) is 19.8. The highest BCUT2D eigenvalue weighted by Gasteiger charge is 2.06. The number of hydrogen-bond acceptors (Lipinski definition) is 2. The van der Waals surface area contributed by atoms with Crippen LogP contribution in [0.2, 0.25) is 5.02 Å². The van der Waals surface area contributed by atoms with Crippen molar-refractivity contribution in [3.63, 3.8) is 0 Å². The summed E-state index contributed by atoms with van der Waals surface area (Å²) < 4.78 is 1.90. The van der Waals surface area contributed by atoms with Gasteiger partial charge in [0.2, 0.25) is 0 Å². The molecular weight excluding hydrogens is 214 g/mol. The molecule has 2 N–H and O–H groups in total. The molecule has 0 saturated carbocycles. The number of halogens is 1. The highest BCUT2D eigenvalue weighted by atomic mass is 35.5.